The Morgan fingerprint density at radius 1 is 1.44 bits per heavy atom. The van der Waals surface area contributed by atoms with E-state index in [0.29, 0.717) is 12.1 Å². The van der Waals surface area contributed by atoms with Crippen molar-refractivity contribution in [3.63, 3.8) is 0 Å². The molecule has 2 rings (SSSR count). The molecule has 1 amide bonds. The predicted octanol–water partition coefficient (Wildman–Crippen LogP) is 3.97. The second kappa shape index (κ2) is 6.43. The van der Waals surface area contributed by atoms with Gasteiger partial charge in [-0.25, -0.2) is 0 Å². The van der Waals surface area contributed by atoms with Crippen molar-refractivity contribution in [3.8, 4) is 0 Å². The molecule has 0 unspecified atom stereocenters. The molecule has 1 N–H and O–H groups in total. The maximum absolute atomic E-state index is 12.0. The van der Waals surface area contributed by atoms with Crippen LogP contribution in [-0.4, -0.2) is 12.5 Å². The molecule has 0 fully saturated rings. The summed E-state index contributed by atoms with van der Waals surface area (Å²) in [6.45, 7) is 0.702. The molecule has 18 heavy (non-hydrogen) atoms. The van der Waals surface area contributed by atoms with Crippen LogP contribution in [0, 0.1) is 0 Å². The van der Waals surface area contributed by atoms with Crippen LogP contribution < -0.4 is 5.32 Å². The quantitative estimate of drug-likeness (QED) is 0.636. The fourth-order valence-electron chi connectivity index (χ4n) is 2.08. The molecule has 1 aliphatic rings. The Hall–Kier alpha value is -0.740. The summed E-state index contributed by atoms with van der Waals surface area (Å²) in [6.07, 6.45) is 6.89. The molecule has 0 aliphatic heterocycles. The molecule has 1 aromatic carbocycles. The zero-order valence-electron chi connectivity index (χ0n) is 10.1. The van der Waals surface area contributed by atoms with Gasteiger partial charge in [0.15, 0.2) is 0 Å². The maximum atomic E-state index is 12.0. The summed E-state index contributed by atoms with van der Waals surface area (Å²) in [7, 11) is 0. The summed E-state index contributed by atoms with van der Waals surface area (Å²) >= 11 is 7.63. The number of benzene rings is 1. The lowest BCUT2D eigenvalue weighted by molar-refractivity contribution is 0.0953. The molecule has 0 spiro atoms. The minimum Gasteiger partial charge on any atom is -0.352 e. The van der Waals surface area contributed by atoms with E-state index in [1.807, 2.05) is 12.1 Å². The summed E-state index contributed by atoms with van der Waals surface area (Å²) < 4.78 is 0.804. The highest BCUT2D eigenvalue weighted by Gasteiger charge is 2.10. The summed E-state index contributed by atoms with van der Waals surface area (Å²) in [5, 5.41) is 2.95. The fraction of sp³-hybridized carbons (Fsp3) is 0.357. The second-order valence-electron chi connectivity index (χ2n) is 4.42. The zero-order valence-corrected chi connectivity index (χ0v) is 12.6. The standard InChI is InChI=1S/C14H16BrNOS/c15-13-6-5-11(18)9-12(13)14(17)16-8-7-10-3-1-2-4-10/h3,5-6,9,18H,1-2,4,7-8H2,(H,16,17). The molecule has 0 bridgehead atoms. The van der Waals surface area contributed by atoms with Crippen LogP contribution in [0.15, 0.2) is 39.2 Å². The van der Waals surface area contributed by atoms with E-state index in [9.17, 15) is 4.79 Å². The first-order valence-corrected chi connectivity index (χ1v) is 7.35. The minimum atomic E-state index is -0.0450. The number of carbonyl (C=O) groups is 1. The Bertz CT molecular complexity index is 485. The number of carbonyl (C=O) groups excluding carboxylic acids is 1. The largest absolute Gasteiger partial charge is 0.352 e. The van der Waals surface area contributed by atoms with Crippen molar-refractivity contribution in [2.24, 2.45) is 0 Å². The number of hydrogen-bond acceptors (Lipinski definition) is 2. The number of amides is 1. The van der Waals surface area contributed by atoms with Crippen LogP contribution in [0.4, 0.5) is 0 Å². The summed E-state index contributed by atoms with van der Waals surface area (Å²) in [6, 6.07) is 5.47. The van der Waals surface area contributed by atoms with Crippen molar-refractivity contribution < 1.29 is 4.79 Å². The lowest BCUT2D eigenvalue weighted by Gasteiger charge is -2.08. The van der Waals surface area contributed by atoms with E-state index >= 15 is 0 Å². The summed E-state index contributed by atoms with van der Waals surface area (Å²) in [5.74, 6) is -0.0450. The van der Waals surface area contributed by atoms with Crippen LogP contribution >= 0.6 is 28.6 Å². The SMILES string of the molecule is O=C(NCCC1=CCCC1)c1cc(S)ccc1Br. The van der Waals surface area contributed by atoms with Gasteiger partial charge in [0.1, 0.15) is 0 Å². The average Bonchev–Trinajstić information content (AvgIpc) is 2.85. The Labute approximate surface area is 121 Å². The van der Waals surface area contributed by atoms with E-state index in [1.165, 1.54) is 24.8 Å². The Morgan fingerprint density at radius 2 is 2.28 bits per heavy atom. The van der Waals surface area contributed by atoms with Gasteiger partial charge in [-0.05, 0) is 59.8 Å². The van der Waals surface area contributed by atoms with Crippen molar-refractivity contribution in [1.29, 1.82) is 0 Å². The zero-order chi connectivity index (χ0) is 13.0. The molecular formula is C14H16BrNOS. The monoisotopic (exact) mass is 325 g/mol. The van der Waals surface area contributed by atoms with Gasteiger partial charge in [-0.1, -0.05) is 11.6 Å². The lowest BCUT2D eigenvalue weighted by Crippen LogP contribution is -2.25. The van der Waals surface area contributed by atoms with E-state index in [0.717, 1.165) is 15.8 Å². The second-order valence-corrected chi connectivity index (χ2v) is 5.80. The van der Waals surface area contributed by atoms with E-state index in [1.54, 1.807) is 6.07 Å². The third kappa shape index (κ3) is 3.62. The van der Waals surface area contributed by atoms with Crippen LogP contribution in [0.5, 0.6) is 0 Å². The average molecular weight is 326 g/mol. The predicted molar refractivity (Wildman–Crippen MR) is 80.3 cm³/mol. The van der Waals surface area contributed by atoms with E-state index < -0.39 is 0 Å². The van der Waals surface area contributed by atoms with Gasteiger partial charge in [-0.2, -0.15) is 0 Å². The smallest absolute Gasteiger partial charge is 0.252 e. The van der Waals surface area contributed by atoms with Crippen molar-refractivity contribution in [2.45, 2.75) is 30.6 Å². The summed E-state index contributed by atoms with van der Waals surface area (Å²) in [5.41, 5.74) is 2.11. The number of allylic oxidation sites excluding steroid dienone is 1. The first-order chi connectivity index (χ1) is 8.66. The van der Waals surface area contributed by atoms with Gasteiger partial charge in [-0.15, -0.1) is 12.6 Å². The molecule has 2 nitrogen and oxygen atoms in total. The maximum Gasteiger partial charge on any atom is 0.252 e. The first-order valence-electron chi connectivity index (χ1n) is 6.11. The van der Waals surface area contributed by atoms with Crippen LogP contribution in [0.25, 0.3) is 0 Å². The highest BCUT2D eigenvalue weighted by atomic mass is 79.9. The minimum absolute atomic E-state index is 0.0450. The molecule has 4 heteroatoms. The Balaban J connectivity index is 1.89. The third-order valence-corrected chi connectivity index (χ3v) is 4.03. The molecule has 96 valence electrons. The molecule has 0 aromatic heterocycles. The van der Waals surface area contributed by atoms with Gasteiger partial charge in [0.2, 0.25) is 0 Å². The normalized spacial score (nSPS) is 14.4. The van der Waals surface area contributed by atoms with E-state index in [4.69, 9.17) is 0 Å². The van der Waals surface area contributed by atoms with Crippen LogP contribution in [0.2, 0.25) is 0 Å². The number of rotatable bonds is 4. The van der Waals surface area contributed by atoms with Gasteiger partial charge in [0.05, 0.1) is 5.56 Å². The number of halogens is 1. The third-order valence-electron chi connectivity index (χ3n) is 3.06. The van der Waals surface area contributed by atoms with Crippen LogP contribution in [0.3, 0.4) is 0 Å². The summed E-state index contributed by atoms with van der Waals surface area (Å²) in [4.78, 5) is 12.8. The number of hydrogen-bond donors (Lipinski definition) is 2. The number of thiol groups is 1. The number of nitrogens with one attached hydrogen (secondary N) is 1. The molecule has 0 saturated heterocycles. The van der Waals surface area contributed by atoms with Crippen molar-refractivity contribution in [2.75, 3.05) is 6.54 Å². The van der Waals surface area contributed by atoms with Crippen molar-refractivity contribution in [1.82, 2.24) is 5.32 Å². The van der Waals surface area contributed by atoms with E-state index in [2.05, 4.69) is 40.0 Å². The molecule has 1 aromatic rings. The van der Waals surface area contributed by atoms with Gasteiger partial charge in [-0.3, -0.25) is 4.79 Å². The van der Waals surface area contributed by atoms with Gasteiger partial charge in [0, 0.05) is 15.9 Å². The molecule has 0 radical (unpaired) electrons. The Kier molecular flexibility index (Phi) is 4.89. The van der Waals surface area contributed by atoms with E-state index in [-0.39, 0.29) is 5.91 Å². The van der Waals surface area contributed by atoms with Crippen molar-refractivity contribution in [3.05, 3.63) is 39.9 Å². The molecule has 0 heterocycles. The fourth-order valence-corrected chi connectivity index (χ4v) is 2.71. The van der Waals surface area contributed by atoms with Crippen molar-refractivity contribution >= 4 is 34.5 Å². The van der Waals surface area contributed by atoms with Gasteiger partial charge >= 0.3 is 0 Å². The lowest BCUT2D eigenvalue weighted by atomic mass is 10.1. The topological polar surface area (TPSA) is 29.1 Å². The molecule has 1 aliphatic carbocycles. The first kappa shape index (κ1) is 13.7. The van der Waals surface area contributed by atoms with Crippen LogP contribution in [-0.2, 0) is 0 Å². The van der Waals surface area contributed by atoms with Gasteiger partial charge in [0.25, 0.3) is 5.91 Å². The Morgan fingerprint density at radius 3 is 3.00 bits per heavy atom. The molecule has 0 atom stereocenters. The molecular weight excluding hydrogens is 310 g/mol. The molecule has 0 saturated carbocycles. The van der Waals surface area contributed by atoms with Gasteiger partial charge < -0.3 is 5.32 Å². The highest BCUT2D eigenvalue weighted by molar-refractivity contribution is 9.10. The highest BCUT2D eigenvalue weighted by Crippen LogP contribution is 2.21. The van der Waals surface area contributed by atoms with Crippen LogP contribution in [0.1, 0.15) is 36.0 Å².